The van der Waals surface area contributed by atoms with Gasteiger partial charge in [0.1, 0.15) is 22.2 Å². The van der Waals surface area contributed by atoms with E-state index in [1.807, 2.05) is 54.9 Å². The van der Waals surface area contributed by atoms with Crippen LogP contribution >= 0.6 is 22.9 Å². The Kier molecular flexibility index (Phi) is 6.27. The Hall–Kier alpha value is -2.87. The van der Waals surface area contributed by atoms with E-state index >= 15 is 0 Å². The first-order valence-electron chi connectivity index (χ1n) is 9.64. The number of H-pyrrole nitrogens is 1. The van der Waals surface area contributed by atoms with Crippen LogP contribution in [0, 0.1) is 0 Å². The second-order valence-corrected chi connectivity index (χ2v) is 8.49. The molecule has 4 rings (SSSR count). The van der Waals surface area contributed by atoms with Crippen molar-refractivity contribution in [3.05, 3.63) is 74.6 Å². The Morgan fingerprint density at radius 3 is 2.58 bits per heavy atom. The summed E-state index contributed by atoms with van der Waals surface area (Å²) in [4.78, 5) is 23.3. The van der Waals surface area contributed by atoms with E-state index in [0.717, 1.165) is 33.0 Å². The smallest absolute Gasteiger partial charge is 0.260 e. The minimum atomic E-state index is -0.137. The minimum Gasteiger partial charge on any atom is -0.497 e. The molecule has 0 spiro atoms. The van der Waals surface area contributed by atoms with Crippen molar-refractivity contribution in [3.63, 3.8) is 0 Å². The molecule has 0 atom stereocenters. The van der Waals surface area contributed by atoms with E-state index in [4.69, 9.17) is 26.1 Å². The third kappa shape index (κ3) is 4.58. The van der Waals surface area contributed by atoms with Crippen LogP contribution in [-0.2, 0) is 13.1 Å². The monoisotopic (exact) mass is 455 g/mol. The number of aromatic amines is 1. The summed E-state index contributed by atoms with van der Waals surface area (Å²) < 4.78 is 10.7. The molecular formula is C23H22ClN3O3S. The Morgan fingerprint density at radius 1 is 1.10 bits per heavy atom. The summed E-state index contributed by atoms with van der Waals surface area (Å²) in [7, 11) is 5.24. The van der Waals surface area contributed by atoms with Gasteiger partial charge in [-0.1, -0.05) is 29.8 Å². The van der Waals surface area contributed by atoms with E-state index in [9.17, 15) is 4.79 Å². The van der Waals surface area contributed by atoms with Crippen molar-refractivity contribution in [3.8, 4) is 22.6 Å². The molecular weight excluding hydrogens is 434 g/mol. The van der Waals surface area contributed by atoms with Crippen molar-refractivity contribution in [1.82, 2.24) is 14.9 Å². The van der Waals surface area contributed by atoms with Gasteiger partial charge in [-0.25, -0.2) is 4.98 Å². The number of fused-ring (bicyclic) bond motifs is 1. The molecule has 0 saturated heterocycles. The van der Waals surface area contributed by atoms with Gasteiger partial charge in [0.15, 0.2) is 0 Å². The van der Waals surface area contributed by atoms with Gasteiger partial charge in [-0.3, -0.25) is 9.69 Å². The van der Waals surface area contributed by atoms with E-state index < -0.39 is 0 Å². The van der Waals surface area contributed by atoms with Crippen molar-refractivity contribution >= 4 is 33.2 Å². The first kappa shape index (κ1) is 21.4. The van der Waals surface area contributed by atoms with Crippen LogP contribution in [0.15, 0.2) is 52.6 Å². The molecule has 4 aromatic rings. The van der Waals surface area contributed by atoms with Gasteiger partial charge >= 0.3 is 0 Å². The van der Waals surface area contributed by atoms with Crippen LogP contribution in [-0.4, -0.2) is 36.1 Å². The van der Waals surface area contributed by atoms with Crippen LogP contribution in [0.25, 0.3) is 21.3 Å². The molecule has 0 radical (unpaired) electrons. The van der Waals surface area contributed by atoms with Gasteiger partial charge in [-0.2, -0.15) is 0 Å². The third-order valence-corrected chi connectivity index (χ3v) is 6.13. The van der Waals surface area contributed by atoms with Crippen LogP contribution in [0.2, 0.25) is 5.02 Å². The lowest BCUT2D eigenvalue weighted by atomic mass is 10.1. The molecule has 0 aliphatic heterocycles. The molecule has 6 nitrogen and oxygen atoms in total. The average molecular weight is 456 g/mol. The lowest BCUT2D eigenvalue weighted by molar-refractivity contribution is 0.302. The molecule has 0 bridgehead atoms. The number of thiophene rings is 1. The molecule has 0 aliphatic rings. The summed E-state index contributed by atoms with van der Waals surface area (Å²) in [5.41, 5.74) is 2.70. The molecule has 1 N–H and O–H groups in total. The largest absolute Gasteiger partial charge is 0.497 e. The van der Waals surface area contributed by atoms with Crippen molar-refractivity contribution < 1.29 is 9.47 Å². The lowest BCUT2D eigenvalue weighted by Crippen LogP contribution is -2.22. The predicted molar refractivity (Wildman–Crippen MR) is 125 cm³/mol. The molecule has 0 saturated carbocycles. The first-order chi connectivity index (χ1) is 15.0. The molecule has 0 aliphatic carbocycles. The fourth-order valence-corrected chi connectivity index (χ4v) is 4.59. The number of ether oxygens (including phenoxy) is 2. The van der Waals surface area contributed by atoms with E-state index in [-0.39, 0.29) is 5.56 Å². The predicted octanol–water partition coefficient (Wildman–Crippen LogP) is 4.95. The van der Waals surface area contributed by atoms with Crippen molar-refractivity contribution in [2.24, 2.45) is 0 Å². The molecule has 160 valence electrons. The summed E-state index contributed by atoms with van der Waals surface area (Å²) in [6.45, 7) is 1.13. The Bertz CT molecular complexity index is 1270. The molecule has 0 amide bonds. The standard InChI is InChI=1S/C23H22ClN3O3S/c1-27(11-15-6-9-17(29-2)10-19(15)30-3)12-20-25-22(28)21-18(13-31-23(21)26-20)14-4-7-16(24)8-5-14/h4-10,13H,11-12H2,1-3H3,(H,25,26,28). The molecule has 2 heterocycles. The summed E-state index contributed by atoms with van der Waals surface area (Å²) in [5, 5.41) is 3.23. The summed E-state index contributed by atoms with van der Waals surface area (Å²) >= 11 is 7.45. The summed E-state index contributed by atoms with van der Waals surface area (Å²) in [6, 6.07) is 13.2. The molecule has 2 aromatic heterocycles. The van der Waals surface area contributed by atoms with Crippen LogP contribution in [0.5, 0.6) is 11.5 Å². The number of halogens is 1. The van der Waals surface area contributed by atoms with Gasteiger partial charge in [-0.05, 0) is 30.8 Å². The maximum absolute atomic E-state index is 12.9. The van der Waals surface area contributed by atoms with Crippen molar-refractivity contribution in [2.45, 2.75) is 13.1 Å². The van der Waals surface area contributed by atoms with E-state index in [1.54, 1.807) is 14.2 Å². The summed E-state index contributed by atoms with van der Waals surface area (Å²) in [6.07, 6.45) is 0. The average Bonchev–Trinajstić information content (AvgIpc) is 3.19. The van der Waals surface area contributed by atoms with Gasteiger partial charge in [-0.15, -0.1) is 11.3 Å². The molecule has 8 heteroatoms. The number of aromatic nitrogens is 2. The van der Waals surface area contributed by atoms with E-state index in [1.165, 1.54) is 11.3 Å². The number of nitrogens with one attached hydrogen (secondary N) is 1. The Labute approximate surface area is 189 Å². The second kappa shape index (κ2) is 9.09. The zero-order valence-corrected chi connectivity index (χ0v) is 19.0. The highest BCUT2D eigenvalue weighted by atomic mass is 35.5. The zero-order valence-electron chi connectivity index (χ0n) is 17.4. The summed E-state index contributed by atoms with van der Waals surface area (Å²) in [5.74, 6) is 2.12. The maximum Gasteiger partial charge on any atom is 0.260 e. The normalized spacial score (nSPS) is 11.3. The molecule has 31 heavy (non-hydrogen) atoms. The topological polar surface area (TPSA) is 67.5 Å². The number of benzene rings is 2. The fraction of sp³-hybridized carbons (Fsp3) is 0.217. The number of hydrogen-bond donors (Lipinski definition) is 1. The van der Waals surface area contributed by atoms with E-state index in [0.29, 0.717) is 29.3 Å². The highest BCUT2D eigenvalue weighted by Crippen LogP contribution is 2.31. The van der Waals surface area contributed by atoms with Crippen LogP contribution in [0.3, 0.4) is 0 Å². The fourth-order valence-electron chi connectivity index (χ4n) is 3.50. The van der Waals surface area contributed by atoms with Crippen LogP contribution in [0.1, 0.15) is 11.4 Å². The lowest BCUT2D eigenvalue weighted by Gasteiger charge is -2.18. The van der Waals surface area contributed by atoms with Gasteiger partial charge in [0.05, 0.1) is 26.2 Å². The third-order valence-electron chi connectivity index (χ3n) is 5.00. The molecule has 0 unspecified atom stereocenters. The van der Waals surface area contributed by atoms with Crippen LogP contribution in [0.4, 0.5) is 0 Å². The van der Waals surface area contributed by atoms with Gasteiger partial charge < -0.3 is 14.5 Å². The zero-order chi connectivity index (χ0) is 22.0. The Morgan fingerprint density at radius 2 is 1.87 bits per heavy atom. The van der Waals surface area contributed by atoms with Gasteiger partial charge in [0.25, 0.3) is 5.56 Å². The number of rotatable bonds is 7. The maximum atomic E-state index is 12.9. The molecule has 0 fully saturated rings. The molecule has 2 aromatic carbocycles. The van der Waals surface area contributed by atoms with E-state index in [2.05, 4.69) is 9.88 Å². The van der Waals surface area contributed by atoms with Gasteiger partial charge in [0.2, 0.25) is 0 Å². The van der Waals surface area contributed by atoms with Gasteiger partial charge in [0, 0.05) is 34.1 Å². The van der Waals surface area contributed by atoms with Crippen molar-refractivity contribution in [2.75, 3.05) is 21.3 Å². The number of nitrogens with zero attached hydrogens (tertiary/aromatic N) is 2. The van der Waals surface area contributed by atoms with Crippen LogP contribution < -0.4 is 15.0 Å². The second-order valence-electron chi connectivity index (χ2n) is 7.20. The number of hydrogen-bond acceptors (Lipinski definition) is 6. The first-order valence-corrected chi connectivity index (χ1v) is 10.9. The number of methoxy groups -OCH3 is 2. The highest BCUT2D eigenvalue weighted by Gasteiger charge is 2.15. The van der Waals surface area contributed by atoms with Crippen molar-refractivity contribution in [1.29, 1.82) is 0 Å². The Balaban J connectivity index is 1.57. The quantitative estimate of drug-likeness (QED) is 0.427. The minimum absolute atomic E-state index is 0.137. The SMILES string of the molecule is COc1ccc(CN(C)Cc2nc3scc(-c4ccc(Cl)cc4)c3c(=O)[nH]2)c(OC)c1. The highest BCUT2D eigenvalue weighted by molar-refractivity contribution is 7.17.